The molecule has 0 aliphatic carbocycles. The number of rotatable bonds is 3. The van der Waals surface area contributed by atoms with Crippen molar-refractivity contribution in [3.63, 3.8) is 0 Å². The van der Waals surface area contributed by atoms with Crippen LogP contribution in [0.4, 0.5) is 13.2 Å². The maximum Gasteiger partial charge on any atom is 0.418 e. The highest BCUT2D eigenvalue weighted by Gasteiger charge is 2.35. The van der Waals surface area contributed by atoms with Crippen molar-refractivity contribution in [1.82, 2.24) is 19.5 Å². The summed E-state index contributed by atoms with van der Waals surface area (Å²) in [5.74, 6) is -1.24. The number of primary amides is 1. The molecule has 0 aliphatic heterocycles. The average molecular weight is 415 g/mol. The van der Waals surface area contributed by atoms with Gasteiger partial charge in [0.15, 0.2) is 17.2 Å². The number of phenolic OH excluding ortho intramolecular Hbond substituents is 1. The monoisotopic (exact) mass is 415 g/mol. The second-order valence-electron chi connectivity index (χ2n) is 6.29. The Labute approximate surface area is 165 Å². The number of fused-ring (bicyclic) bond motifs is 1. The molecule has 0 saturated carbocycles. The van der Waals surface area contributed by atoms with Crippen LogP contribution in [0.1, 0.15) is 16.1 Å². The van der Waals surface area contributed by atoms with Crippen LogP contribution in [-0.2, 0) is 6.18 Å². The third-order valence-corrected chi connectivity index (χ3v) is 4.32. The number of halogens is 3. The van der Waals surface area contributed by atoms with Gasteiger partial charge < -0.3 is 15.8 Å². The molecule has 4 aromatic rings. The van der Waals surface area contributed by atoms with Crippen LogP contribution in [0.3, 0.4) is 0 Å². The number of carbonyl (C=O) groups is 1. The summed E-state index contributed by atoms with van der Waals surface area (Å²) in [5.41, 5.74) is 2.30. The summed E-state index contributed by atoms with van der Waals surface area (Å²) in [7, 11) is 0. The van der Waals surface area contributed by atoms with Crippen molar-refractivity contribution in [1.29, 1.82) is 0 Å². The van der Waals surface area contributed by atoms with E-state index in [9.17, 15) is 27.9 Å². The molecule has 0 fully saturated rings. The molecule has 11 heteroatoms. The lowest BCUT2D eigenvalue weighted by atomic mass is 10.1. The van der Waals surface area contributed by atoms with Gasteiger partial charge in [-0.2, -0.15) is 13.2 Å². The third-order valence-electron chi connectivity index (χ3n) is 4.32. The molecule has 0 aliphatic rings. The van der Waals surface area contributed by atoms with Crippen LogP contribution >= 0.6 is 0 Å². The number of hydrogen-bond acceptors (Lipinski definition) is 5. The summed E-state index contributed by atoms with van der Waals surface area (Å²) >= 11 is 0. The molecule has 152 valence electrons. The number of hydrogen-bond donors (Lipinski definition) is 3. The smallest absolute Gasteiger partial charge is 0.418 e. The van der Waals surface area contributed by atoms with Crippen molar-refractivity contribution in [2.45, 2.75) is 6.18 Å². The fraction of sp³-hybridized carbons (Fsp3) is 0.0526. The van der Waals surface area contributed by atoms with Crippen LogP contribution in [0.2, 0.25) is 0 Å². The van der Waals surface area contributed by atoms with E-state index in [2.05, 4.69) is 15.0 Å². The number of amides is 1. The van der Waals surface area contributed by atoms with Crippen molar-refractivity contribution in [3.05, 3.63) is 70.3 Å². The van der Waals surface area contributed by atoms with Gasteiger partial charge in [-0.05, 0) is 24.3 Å². The number of H-pyrrole nitrogens is 1. The van der Waals surface area contributed by atoms with E-state index in [1.165, 1.54) is 36.4 Å². The van der Waals surface area contributed by atoms with Gasteiger partial charge in [-0.3, -0.25) is 4.79 Å². The fourth-order valence-corrected chi connectivity index (χ4v) is 3.07. The summed E-state index contributed by atoms with van der Waals surface area (Å²) < 4.78 is 41.2. The molecule has 0 atom stereocenters. The normalized spacial score (nSPS) is 11.7. The number of nitrogens with two attached hydrogens (primary N) is 1. The van der Waals surface area contributed by atoms with E-state index >= 15 is 0 Å². The predicted octanol–water partition coefficient (Wildman–Crippen LogP) is 2.60. The maximum absolute atomic E-state index is 13.5. The molecule has 30 heavy (non-hydrogen) atoms. The lowest BCUT2D eigenvalue weighted by Gasteiger charge is -2.13. The van der Waals surface area contributed by atoms with Crippen molar-refractivity contribution in [2.24, 2.45) is 5.73 Å². The molecule has 4 rings (SSSR count). The van der Waals surface area contributed by atoms with Crippen LogP contribution < -0.4 is 11.4 Å². The Morgan fingerprint density at radius 2 is 1.83 bits per heavy atom. The molecule has 2 heterocycles. The molecule has 0 radical (unpaired) electrons. The summed E-state index contributed by atoms with van der Waals surface area (Å²) in [5, 5.41) is 9.70. The van der Waals surface area contributed by atoms with Gasteiger partial charge in [0, 0.05) is 5.56 Å². The number of nitrogens with zero attached hydrogens (tertiary/aromatic N) is 3. The maximum atomic E-state index is 13.5. The highest BCUT2D eigenvalue weighted by atomic mass is 19.4. The van der Waals surface area contributed by atoms with E-state index in [1.807, 2.05) is 0 Å². The number of para-hydroxylation sites is 1. The number of carbonyl (C=O) groups excluding carboxylic acids is 1. The van der Waals surface area contributed by atoms with Gasteiger partial charge in [-0.1, -0.05) is 24.3 Å². The molecule has 0 spiro atoms. The number of aromatic hydroxyl groups is 1. The molecule has 2 aromatic heterocycles. The first kappa shape index (κ1) is 19.2. The first-order valence-corrected chi connectivity index (χ1v) is 8.45. The standard InChI is InChI=1S/C19H12F3N5O3/c20-19(21,22)11-6-1-2-7-12(11)27-17-14(25-18(27)30)13(15(23)29)24-16(26-17)9-4-3-5-10(28)8-9/h1-8,28H,(H2,23,29)(H,25,30). The van der Waals surface area contributed by atoms with E-state index < -0.39 is 29.0 Å². The van der Waals surface area contributed by atoms with E-state index in [0.29, 0.717) is 4.57 Å². The number of nitrogens with one attached hydrogen (secondary N) is 1. The number of benzene rings is 2. The Kier molecular flexibility index (Phi) is 4.30. The van der Waals surface area contributed by atoms with Crippen molar-refractivity contribution < 1.29 is 23.1 Å². The van der Waals surface area contributed by atoms with Crippen LogP contribution in [0.25, 0.3) is 28.2 Å². The Morgan fingerprint density at radius 1 is 1.10 bits per heavy atom. The Bertz CT molecular complexity index is 1360. The van der Waals surface area contributed by atoms with Crippen LogP contribution in [0, 0.1) is 0 Å². The summed E-state index contributed by atoms with van der Waals surface area (Å²) in [6.45, 7) is 0. The highest BCUT2D eigenvalue weighted by molar-refractivity contribution is 6.02. The summed E-state index contributed by atoms with van der Waals surface area (Å²) in [6, 6.07) is 10.2. The Hall–Kier alpha value is -4.15. The lowest BCUT2D eigenvalue weighted by Crippen LogP contribution is -2.19. The summed E-state index contributed by atoms with van der Waals surface area (Å²) in [4.78, 5) is 35.0. The topological polar surface area (TPSA) is 127 Å². The second kappa shape index (κ2) is 6.72. The number of aromatic nitrogens is 4. The van der Waals surface area contributed by atoms with Crippen molar-refractivity contribution >= 4 is 17.1 Å². The molecule has 0 bridgehead atoms. The van der Waals surface area contributed by atoms with Gasteiger partial charge >= 0.3 is 11.9 Å². The third kappa shape index (κ3) is 3.15. The van der Waals surface area contributed by atoms with Crippen LogP contribution in [0.15, 0.2) is 53.3 Å². The molecule has 8 nitrogen and oxygen atoms in total. The van der Waals surface area contributed by atoms with E-state index in [-0.39, 0.29) is 34.0 Å². The zero-order chi connectivity index (χ0) is 21.6. The molecule has 0 unspecified atom stereocenters. The minimum Gasteiger partial charge on any atom is -0.508 e. The first-order valence-electron chi connectivity index (χ1n) is 8.45. The van der Waals surface area contributed by atoms with Gasteiger partial charge in [-0.15, -0.1) is 0 Å². The fourth-order valence-electron chi connectivity index (χ4n) is 3.07. The zero-order valence-corrected chi connectivity index (χ0v) is 14.9. The number of phenols is 1. The largest absolute Gasteiger partial charge is 0.508 e. The molecule has 2 aromatic carbocycles. The van der Waals surface area contributed by atoms with Gasteiger partial charge in [0.2, 0.25) is 0 Å². The van der Waals surface area contributed by atoms with E-state index in [4.69, 9.17) is 5.73 Å². The Balaban J connectivity index is 2.10. The molecular weight excluding hydrogens is 403 g/mol. The van der Waals surface area contributed by atoms with Gasteiger partial charge in [0.05, 0.1) is 11.3 Å². The molecule has 1 amide bonds. The van der Waals surface area contributed by atoms with Gasteiger partial charge in [0.25, 0.3) is 5.91 Å². The average Bonchev–Trinajstić information content (AvgIpc) is 3.02. The first-order chi connectivity index (χ1) is 14.2. The predicted molar refractivity (Wildman–Crippen MR) is 100 cm³/mol. The van der Waals surface area contributed by atoms with Crippen molar-refractivity contribution in [3.8, 4) is 22.8 Å². The molecule has 0 saturated heterocycles. The van der Waals surface area contributed by atoms with Crippen LogP contribution in [0.5, 0.6) is 5.75 Å². The number of aromatic amines is 1. The quantitative estimate of drug-likeness (QED) is 0.474. The summed E-state index contributed by atoms with van der Waals surface area (Å²) in [6.07, 6.45) is -4.74. The highest BCUT2D eigenvalue weighted by Crippen LogP contribution is 2.34. The van der Waals surface area contributed by atoms with Crippen LogP contribution in [-0.4, -0.2) is 30.5 Å². The van der Waals surface area contributed by atoms with Crippen molar-refractivity contribution in [2.75, 3.05) is 0 Å². The van der Waals surface area contributed by atoms with Gasteiger partial charge in [-0.25, -0.2) is 19.3 Å². The minimum absolute atomic E-state index is 0.107. The minimum atomic E-state index is -4.74. The molecule has 4 N–H and O–H groups in total. The SMILES string of the molecule is NC(=O)c1nc(-c2cccc(O)c2)nc2c1[nH]c(=O)n2-c1ccccc1C(F)(F)F. The zero-order valence-electron chi connectivity index (χ0n) is 14.9. The Morgan fingerprint density at radius 3 is 2.50 bits per heavy atom. The number of alkyl halides is 3. The van der Waals surface area contributed by atoms with E-state index in [0.717, 1.165) is 12.1 Å². The van der Waals surface area contributed by atoms with E-state index in [1.54, 1.807) is 0 Å². The van der Waals surface area contributed by atoms with Gasteiger partial charge in [0.1, 0.15) is 11.3 Å². The molecular formula is C19H12F3N5O3. The lowest BCUT2D eigenvalue weighted by molar-refractivity contribution is -0.137. The second-order valence-corrected chi connectivity index (χ2v) is 6.29. The number of imidazole rings is 1.